The van der Waals surface area contributed by atoms with Crippen molar-refractivity contribution in [3.63, 3.8) is 0 Å². The van der Waals surface area contributed by atoms with Crippen molar-refractivity contribution in [2.24, 2.45) is 0 Å². The Morgan fingerprint density at radius 2 is 1.86 bits per heavy atom. The highest BCUT2D eigenvalue weighted by molar-refractivity contribution is 5.99. The Morgan fingerprint density at radius 1 is 1.03 bits per heavy atom. The Labute approximate surface area is 207 Å². The second-order valence-corrected chi connectivity index (χ2v) is 8.75. The number of rotatable bonds is 6. The molecule has 180 valence electrons. The zero-order valence-corrected chi connectivity index (χ0v) is 20.0. The van der Waals surface area contributed by atoms with Crippen LogP contribution in [-0.2, 0) is 17.6 Å². The van der Waals surface area contributed by atoms with Crippen LogP contribution in [0.3, 0.4) is 0 Å². The number of carbonyl (C=O) groups excluding carboxylic acids is 1. The first kappa shape index (κ1) is 21.9. The predicted molar refractivity (Wildman–Crippen MR) is 140 cm³/mol. The Morgan fingerprint density at radius 3 is 2.72 bits per heavy atom. The van der Waals surface area contributed by atoms with Crippen LogP contribution in [0.2, 0.25) is 0 Å². The van der Waals surface area contributed by atoms with E-state index in [0.29, 0.717) is 30.3 Å². The average Bonchev–Trinajstić information content (AvgIpc) is 3.52. The fourth-order valence-electron chi connectivity index (χ4n) is 4.89. The Balaban J connectivity index is 1.24. The van der Waals surface area contributed by atoms with Gasteiger partial charge in [-0.15, -0.1) is 0 Å². The van der Waals surface area contributed by atoms with Gasteiger partial charge in [-0.05, 0) is 47.9 Å². The van der Waals surface area contributed by atoms with Gasteiger partial charge < -0.3 is 24.7 Å². The number of amides is 1. The van der Waals surface area contributed by atoms with E-state index < -0.39 is 0 Å². The van der Waals surface area contributed by atoms with Gasteiger partial charge in [-0.25, -0.2) is 9.97 Å². The summed E-state index contributed by atoms with van der Waals surface area (Å²) in [4.78, 5) is 27.2. The zero-order chi connectivity index (χ0) is 24.6. The number of hydrogen-bond acceptors (Lipinski definition) is 6. The lowest BCUT2D eigenvalue weighted by atomic mass is 10.1. The van der Waals surface area contributed by atoms with Gasteiger partial charge >= 0.3 is 0 Å². The van der Waals surface area contributed by atoms with Crippen LogP contribution in [-0.4, -0.2) is 41.6 Å². The van der Waals surface area contributed by atoms with E-state index in [2.05, 4.69) is 26.3 Å². The molecule has 0 radical (unpaired) electrons. The minimum Gasteiger partial charge on any atom is -0.493 e. The number of aromatic nitrogens is 3. The number of benzene rings is 3. The van der Waals surface area contributed by atoms with Gasteiger partial charge in [0.25, 0.3) is 0 Å². The molecule has 0 fully saturated rings. The lowest BCUT2D eigenvalue weighted by Crippen LogP contribution is -2.30. The van der Waals surface area contributed by atoms with E-state index in [1.807, 2.05) is 59.6 Å². The molecule has 36 heavy (non-hydrogen) atoms. The topological polar surface area (TPSA) is 92.4 Å². The van der Waals surface area contributed by atoms with Crippen LogP contribution in [0.4, 0.5) is 17.2 Å². The maximum Gasteiger partial charge on any atom is 0.231 e. The van der Waals surface area contributed by atoms with Gasteiger partial charge in [0.05, 0.1) is 26.2 Å². The van der Waals surface area contributed by atoms with Crippen molar-refractivity contribution in [1.29, 1.82) is 0 Å². The molecule has 0 unspecified atom stereocenters. The quantitative estimate of drug-likeness (QED) is 0.356. The molecule has 0 saturated carbocycles. The van der Waals surface area contributed by atoms with Gasteiger partial charge in [-0.1, -0.05) is 18.2 Å². The summed E-state index contributed by atoms with van der Waals surface area (Å²) < 4.78 is 10.9. The molecule has 1 aliphatic heterocycles. The molecule has 1 aliphatic rings. The normalized spacial score (nSPS) is 12.7. The van der Waals surface area contributed by atoms with Gasteiger partial charge in [-0.3, -0.25) is 4.79 Å². The Hall–Kier alpha value is -4.59. The summed E-state index contributed by atoms with van der Waals surface area (Å²) in [6.07, 6.45) is 4.62. The third kappa shape index (κ3) is 3.76. The van der Waals surface area contributed by atoms with E-state index in [-0.39, 0.29) is 5.91 Å². The molecule has 0 atom stereocenters. The molecule has 0 aliphatic carbocycles. The van der Waals surface area contributed by atoms with Gasteiger partial charge in [0.1, 0.15) is 12.1 Å². The molecule has 3 heterocycles. The van der Waals surface area contributed by atoms with Gasteiger partial charge in [0, 0.05) is 46.5 Å². The van der Waals surface area contributed by atoms with Crippen molar-refractivity contribution in [1.82, 2.24) is 15.0 Å². The van der Waals surface area contributed by atoms with Crippen LogP contribution >= 0.6 is 0 Å². The van der Waals surface area contributed by atoms with Crippen LogP contribution in [0.25, 0.3) is 21.8 Å². The number of H-pyrrole nitrogens is 1. The van der Waals surface area contributed by atoms with Crippen molar-refractivity contribution >= 4 is 44.9 Å². The van der Waals surface area contributed by atoms with Crippen molar-refractivity contribution in [3.8, 4) is 11.5 Å². The minimum atomic E-state index is 0.0991. The number of nitrogens with one attached hydrogen (secondary N) is 2. The molecule has 0 bridgehead atoms. The molecular formula is C28H25N5O3. The van der Waals surface area contributed by atoms with E-state index in [0.717, 1.165) is 50.7 Å². The SMILES string of the molecule is COc1cc2ncnc(Nc3ccc4c(c3)CCN4C(=O)Cc3c[nH]c4ccccc34)c2cc1OC. The highest BCUT2D eigenvalue weighted by Crippen LogP contribution is 2.36. The number of para-hydroxylation sites is 1. The maximum atomic E-state index is 13.2. The number of methoxy groups -OCH3 is 2. The summed E-state index contributed by atoms with van der Waals surface area (Å²) in [5.41, 5.74) is 5.81. The number of anilines is 3. The maximum absolute atomic E-state index is 13.2. The van der Waals surface area contributed by atoms with E-state index >= 15 is 0 Å². The minimum absolute atomic E-state index is 0.0991. The first-order valence-corrected chi connectivity index (χ1v) is 11.8. The first-order valence-electron chi connectivity index (χ1n) is 11.8. The third-order valence-electron chi connectivity index (χ3n) is 6.70. The van der Waals surface area contributed by atoms with Gasteiger partial charge in [-0.2, -0.15) is 0 Å². The van der Waals surface area contributed by atoms with Crippen LogP contribution in [0.1, 0.15) is 11.1 Å². The Kier molecular flexibility index (Phi) is 5.41. The number of ether oxygens (including phenoxy) is 2. The van der Waals surface area contributed by atoms with E-state index in [9.17, 15) is 4.79 Å². The molecule has 0 spiro atoms. The van der Waals surface area contributed by atoms with E-state index in [1.54, 1.807) is 14.2 Å². The molecule has 8 heteroatoms. The Bertz CT molecular complexity index is 1610. The highest BCUT2D eigenvalue weighted by Gasteiger charge is 2.25. The fraction of sp³-hybridized carbons (Fsp3) is 0.179. The van der Waals surface area contributed by atoms with Crippen molar-refractivity contribution in [2.75, 3.05) is 31.0 Å². The number of fused-ring (bicyclic) bond motifs is 3. The second-order valence-electron chi connectivity index (χ2n) is 8.75. The molecule has 2 aromatic heterocycles. The average molecular weight is 480 g/mol. The lowest BCUT2D eigenvalue weighted by molar-refractivity contribution is -0.117. The standard InChI is InChI=1S/C28H25N5O3/c1-35-25-13-21-23(14-26(25)36-2)30-16-31-28(21)32-19-7-8-24-17(11-19)9-10-33(24)27(34)12-18-15-29-22-6-4-3-5-20(18)22/h3-8,11,13-16,29H,9-10,12H2,1-2H3,(H,30,31,32). The largest absolute Gasteiger partial charge is 0.493 e. The molecule has 8 nitrogen and oxygen atoms in total. The molecule has 3 aromatic carbocycles. The van der Waals surface area contributed by atoms with E-state index in [4.69, 9.17) is 9.47 Å². The highest BCUT2D eigenvalue weighted by atomic mass is 16.5. The fourth-order valence-corrected chi connectivity index (χ4v) is 4.89. The summed E-state index contributed by atoms with van der Waals surface area (Å²) >= 11 is 0. The smallest absolute Gasteiger partial charge is 0.231 e. The first-order chi connectivity index (χ1) is 17.6. The number of carbonyl (C=O) groups is 1. The molecule has 1 amide bonds. The predicted octanol–water partition coefficient (Wildman–Crippen LogP) is 5.00. The molecule has 6 rings (SSSR count). The number of nitrogens with zero attached hydrogens (tertiary/aromatic N) is 3. The van der Waals surface area contributed by atoms with E-state index in [1.165, 1.54) is 6.33 Å². The third-order valence-corrected chi connectivity index (χ3v) is 6.70. The van der Waals surface area contributed by atoms with Crippen LogP contribution in [0, 0.1) is 0 Å². The lowest BCUT2D eigenvalue weighted by Gasteiger charge is -2.18. The van der Waals surface area contributed by atoms with Crippen LogP contribution in [0.15, 0.2) is 67.1 Å². The van der Waals surface area contributed by atoms with Crippen molar-refractivity contribution in [3.05, 3.63) is 78.2 Å². The summed E-state index contributed by atoms with van der Waals surface area (Å²) in [5, 5.41) is 5.33. The number of hydrogen-bond donors (Lipinski definition) is 2. The summed E-state index contributed by atoms with van der Waals surface area (Å²) in [6.45, 7) is 0.674. The summed E-state index contributed by atoms with van der Waals surface area (Å²) in [6, 6.07) is 17.8. The van der Waals surface area contributed by atoms with Gasteiger partial charge in [0.15, 0.2) is 11.5 Å². The summed E-state index contributed by atoms with van der Waals surface area (Å²) in [5.74, 6) is 2.00. The van der Waals surface area contributed by atoms with Crippen LogP contribution < -0.4 is 19.7 Å². The summed E-state index contributed by atoms with van der Waals surface area (Å²) in [7, 11) is 3.20. The number of aromatic amines is 1. The van der Waals surface area contributed by atoms with Gasteiger partial charge in [0.2, 0.25) is 5.91 Å². The van der Waals surface area contributed by atoms with Crippen molar-refractivity contribution in [2.45, 2.75) is 12.8 Å². The van der Waals surface area contributed by atoms with Crippen LogP contribution in [0.5, 0.6) is 11.5 Å². The monoisotopic (exact) mass is 479 g/mol. The van der Waals surface area contributed by atoms with Crippen molar-refractivity contribution < 1.29 is 14.3 Å². The second kappa shape index (κ2) is 8.88. The molecule has 0 saturated heterocycles. The molecule has 5 aromatic rings. The zero-order valence-electron chi connectivity index (χ0n) is 20.0. The molecule has 2 N–H and O–H groups in total. The molecular weight excluding hydrogens is 454 g/mol.